The first kappa shape index (κ1) is 15.7. The first-order chi connectivity index (χ1) is 8.95. The fourth-order valence-corrected chi connectivity index (χ4v) is 2.02. The van der Waals surface area contributed by atoms with Gasteiger partial charge in [-0.05, 0) is 31.2 Å². The molecule has 3 unspecified atom stereocenters. The molecule has 0 saturated heterocycles. The molecule has 5 nitrogen and oxygen atoms in total. The van der Waals surface area contributed by atoms with Gasteiger partial charge in [-0.2, -0.15) is 0 Å². The van der Waals surface area contributed by atoms with E-state index in [9.17, 15) is 9.59 Å². The summed E-state index contributed by atoms with van der Waals surface area (Å²) < 4.78 is 0. The van der Waals surface area contributed by atoms with Gasteiger partial charge >= 0.3 is 0 Å². The van der Waals surface area contributed by atoms with Gasteiger partial charge in [0.25, 0.3) is 5.91 Å². The van der Waals surface area contributed by atoms with Crippen LogP contribution in [0.1, 0.15) is 30.4 Å². The third-order valence-corrected chi connectivity index (χ3v) is 3.87. The highest BCUT2D eigenvalue weighted by molar-refractivity contribution is 7.12. The van der Waals surface area contributed by atoms with E-state index in [1.54, 1.807) is 19.1 Å². The second-order valence-corrected chi connectivity index (χ2v) is 5.58. The monoisotopic (exact) mass is 284 g/mol. The van der Waals surface area contributed by atoms with Crippen LogP contribution in [0.25, 0.3) is 0 Å². The molecule has 3 N–H and O–H groups in total. The molecule has 3 atom stereocenters. The minimum atomic E-state index is -0.608. The molecule has 0 bridgehead atoms. The van der Waals surface area contributed by atoms with E-state index in [4.69, 9.17) is 5.11 Å². The number of hydrogen-bond donors (Lipinski definition) is 3. The summed E-state index contributed by atoms with van der Waals surface area (Å²) in [5, 5.41) is 16.2. The van der Waals surface area contributed by atoms with Gasteiger partial charge in [-0.1, -0.05) is 13.0 Å². The molecule has 6 heteroatoms. The number of nitrogens with one attached hydrogen (secondary N) is 2. The van der Waals surface area contributed by atoms with E-state index in [1.807, 2.05) is 19.2 Å². The average molecular weight is 284 g/mol. The molecule has 1 aromatic heterocycles. The first-order valence-corrected chi connectivity index (χ1v) is 7.09. The molecule has 0 aromatic carbocycles. The lowest BCUT2D eigenvalue weighted by Gasteiger charge is -2.22. The van der Waals surface area contributed by atoms with E-state index in [-0.39, 0.29) is 30.4 Å². The topological polar surface area (TPSA) is 78.4 Å². The molecule has 0 spiro atoms. The molecule has 1 heterocycles. The maximum Gasteiger partial charge on any atom is 0.261 e. The second-order valence-electron chi connectivity index (χ2n) is 4.63. The number of thiophene rings is 1. The summed E-state index contributed by atoms with van der Waals surface area (Å²) in [5.74, 6) is -0.526. The third kappa shape index (κ3) is 4.65. The maximum absolute atomic E-state index is 11.9. The summed E-state index contributed by atoms with van der Waals surface area (Å²) >= 11 is 1.33. The van der Waals surface area contributed by atoms with Gasteiger partial charge in [0.15, 0.2) is 0 Å². The Kier molecular flexibility index (Phi) is 5.98. The van der Waals surface area contributed by atoms with Gasteiger partial charge in [0, 0.05) is 12.6 Å². The SMILES string of the molecule is CC(NC(=O)c1cccs1)C(=O)NC(C)C(C)CO. The zero-order chi connectivity index (χ0) is 14.4. The minimum absolute atomic E-state index is 0.0113. The highest BCUT2D eigenvalue weighted by Gasteiger charge is 2.20. The van der Waals surface area contributed by atoms with Crippen molar-refractivity contribution in [1.82, 2.24) is 10.6 Å². The smallest absolute Gasteiger partial charge is 0.261 e. The van der Waals surface area contributed by atoms with Crippen molar-refractivity contribution in [3.8, 4) is 0 Å². The molecule has 1 aromatic rings. The van der Waals surface area contributed by atoms with Crippen molar-refractivity contribution in [2.24, 2.45) is 5.92 Å². The molecule has 19 heavy (non-hydrogen) atoms. The Hall–Kier alpha value is -1.40. The number of carbonyl (C=O) groups is 2. The second kappa shape index (κ2) is 7.25. The van der Waals surface area contributed by atoms with Crippen molar-refractivity contribution in [1.29, 1.82) is 0 Å². The van der Waals surface area contributed by atoms with Crippen LogP contribution in [0.5, 0.6) is 0 Å². The molecule has 2 amide bonds. The number of rotatable bonds is 6. The quantitative estimate of drug-likeness (QED) is 0.729. The lowest BCUT2D eigenvalue weighted by atomic mass is 10.0. The fourth-order valence-electron chi connectivity index (χ4n) is 1.39. The van der Waals surface area contributed by atoms with Gasteiger partial charge < -0.3 is 15.7 Å². The standard InChI is InChI=1S/C13H20N2O3S/c1-8(7-16)9(2)14-12(17)10(3)15-13(18)11-5-4-6-19-11/h4-6,8-10,16H,7H2,1-3H3,(H,14,17)(H,15,18). The molecule has 0 aliphatic carbocycles. The number of amides is 2. The third-order valence-electron chi connectivity index (χ3n) is 3.00. The van der Waals surface area contributed by atoms with E-state index in [0.29, 0.717) is 4.88 Å². The molecule has 0 aliphatic rings. The van der Waals surface area contributed by atoms with Crippen LogP contribution in [0, 0.1) is 5.92 Å². The normalized spacial score (nSPS) is 15.4. The number of aliphatic hydroxyl groups excluding tert-OH is 1. The van der Waals surface area contributed by atoms with Crippen LogP contribution in [0.2, 0.25) is 0 Å². The van der Waals surface area contributed by atoms with Crippen molar-refractivity contribution >= 4 is 23.2 Å². The van der Waals surface area contributed by atoms with Crippen molar-refractivity contribution in [3.63, 3.8) is 0 Å². The predicted molar refractivity (Wildman–Crippen MR) is 75.1 cm³/mol. The summed E-state index contributed by atoms with van der Waals surface area (Å²) in [6.45, 7) is 5.32. The molecular formula is C13H20N2O3S. The van der Waals surface area contributed by atoms with E-state index in [0.717, 1.165) is 0 Å². The maximum atomic E-state index is 11.9. The molecule has 106 valence electrons. The van der Waals surface area contributed by atoms with Crippen LogP contribution in [0.4, 0.5) is 0 Å². The first-order valence-electron chi connectivity index (χ1n) is 6.21. The minimum Gasteiger partial charge on any atom is -0.396 e. The van der Waals surface area contributed by atoms with Gasteiger partial charge in [0.05, 0.1) is 4.88 Å². The Bertz CT molecular complexity index is 420. The molecule has 0 fully saturated rings. The van der Waals surface area contributed by atoms with Crippen molar-refractivity contribution in [2.45, 2.75) is 32.9 Å². The average Bonchev–Trinajstić information content (AvgIpc) is 2.91. The summed E-state index contributed by atoms with van der Waals surface area (Å²) in [7, 11) is 0. The Balaban J connectivity index is 2.47. The Morgan fingerprint density at radius 2 is 2.00 bits per heavy atom. The van der Waals surface area contributed by atoms with Crippen LogP contribution in [0.15, 0.2) is 17.5 Å². The van der Waals surface area contributed by atoms with E-state index in [2.05, 4.69) is 10.6 Å². The number of carbonyl (C=O) groups excluding carboxylic acids is 2. The summed E-state index contributed by atoms with van der Waals surface area (Å²) in [5.41, 5.74) is 0. The lowest BCUT2D eigenvalue weighted by Crippen LogP contribution is -2.49. The summed E-state index contributed by atoms with van der Waals surface area (Å²) in [6, 6.07) is 2.75. The Labute approximate surface area is 117 Å². The van der Waals surface area contributed by atoms with Crippen LogP contribution in [0.3, 0.4) is 0 Å². The number of hydrogen-bond acceptors (Lipinski definition) is 4. The van der Waals surface area contributed by atoms with Gasteiger partial charge in [0.1, 0.15) is 6.04 Å². The van der Waals surface area contributed by atoms with Crippen LogP contribution in [-0.4, -0.2) is 35.6 Å². The Morgan fingerprint density at radius 1 is 1.32 bits per heavy atom. The van der Waals surface area contributed by atoms with Crippen LogP contribution >= 0.6 is 11.3 Å². The molecule has 0 aliphatic heterocycles. The fraction of sp³-hybridized carbons (Fsp3) is 0.538. The van der Waals surface area contributed by atoms with Crippen molar-refractivity contribution in [2.75, 3.05) is 6.61 Å². The van der Waals surface area contributed by atoms with E-state index >= 15 is 0 Å². The summed E-state index contributed by atoms with van der Waals surface area (Å²) in [6.07, 6.45) is 0. The highest BCUT2D eigenvalue weighted by atomic mass is 32.1. The number of aliphatic hydroxyl groups is 1. The molecular weight excluding hydrogens is 264 g/mol. The van der Waals surface area contributed by atoms with Gasteiger partial charge in [0.2, 0.25) is 5.91 Å². The molecule has 1 rings (SSSR count). The molecule has 0 radical (unpaired) electrons. The summed E-state index contributed by atoms with van der Waals surface area (Å²) in [4.78, 5) is 24.2. The predicted octanol–water partition coefficient (Wildman–Crippen LogP) is 1.000. The van der Waals surface area contributed by atoms with Crippen LogP contribution < -0.4 is 10.6 Å². The Morgan fingerprint density at radius 3 is 2.53 bits per heavy atom. The zero-order valence-corrected chi connectivity index (χ0v) is 12.2. The van der Waals surface area contributed by atoms with Crippen molar-refractivity contribution in [3.05, 3.63) is 22.4 Å². The van der Waals surface area contributed by atoms with Crippen molar-refractivity contribution < 1.29 is 14.7 Å². The lowest BCUT2D eigenvalue weighted by molar-refractivity contribution is -0.123. The van der Waals surface area contributed by atoms with E-state index < -0.39 is 6.04 Å². The van der Waals surface area contributed by atoms with Gasteiger partial charge in [-0.15, -0.1) is 11.3 Å². The van der Waals surface area contributed by atoms with E-state index in [1.165, 1.54) is 11.3 Å². The zero-order valence-electron chi connectivity index (χ0n) is 11.3. The highest BCUT2D eigenvalue weighted by Crippen LogP contribution is 2.08. The molecule has 0 saturated carbocycles. The van der Waals surface area contributed by atoms with Gasteiger partial charge in [-0.3, -0.25) is 9.59 Å². The van der Waals surface area contributed by atoms with Crippen LogP contribution in [-0.2, 0) is 4.79 Å². The van der Waals surface area contributed by atoms with Gasteiger partial charge in [-0.25, -0.2) is 0 Å². The largest absolute Gasteiger partial charge is 0.396 e.